The third-order valence-corrected chi connectivity index (χ3v) is 3.82. The summed E-state index contributed by atoms with van der Waals surface area (Å²) in [5, 5.41) is 10.1. The van der Waals surface area contributed by atoms with Gasteiger partial charge in [0.25, 0.3) is 0 Å². The van der Waals surface area contributed by atoms with Crippen LogP contribution in [0, 0.1) is 0 Å². The fraction of sp³-hybridized carbons (Fsp3) is 0.500. The van der Waals surface area contributed by atoms with E-state index in [0.29, 0.717) is 25.2 Å². The molecule has 1 aromatic rings. The summed E-state index contributed by atoms with van der Waals surface area (Å²) in [5.41, 5.74) is 4.66. The number of hydrogen-bond donors (Lipinski definition) is 2. The number of rotatable bonds is 2. The predicted octanol–water partition coefficient (Wildman–Crippen LogP) is 2.69. The number of piperidine rings is 1. The third kappa shape index (κ3) is 3.65. The Balaban J connectivity index is 2.42. The summed E-state index contributed by atoms with van der Waals surface area (Å²) in [6, 6.07) is 3.36. The van der Waals surface area contributed by atoms with Crippen molar-refractivity contribution in [1.29, 1.82) is 0 Å². The van der Waals surface area contributed by atoms with Crippen molar-refractivity contribution in [3.63, 3.8) is 0 Å². The van der Waals surface area contributed by atoms with Crippen LogP contribution in [0.15, 0.2) is 18.2 Å². The molecule has 0 radical (unpaired) electrons. The van der Waals surface area contributed by atoms with Crippen LogP contribution in [0.2, 0.25) is 0 Å². The van der Waals surface area contributed by atoms with Gasteiger partial charge in [-0.1, -0.05) is 12.2 Å². The summed E-state index contributed by atoms with van der Waals surface area (Å²) >= 11 is 4.88. The van der Waals surface area contributed by atoms with Crippen molar-refractivity contribution >= 4 is 22.9 Å². The second kappa shape index (κ2) is 5.46. The topological polar surface area (TPSA) is 49.5 Å². The molecule has 1 aliphatic heterocycles. The molecule has 1 heterocycles. The lowest BCUT2D eigenvalue weighted by Crippen LogP contribution is -2.46. The highest BCUT2D eigenvalue weighted by atomic mass is 32.1. The predicted molar refractivity (Wildman–Crippen MR) is 79.4 cm³/mol. The van der Waals surface area contributed by atoms with Crippen molar-refractivity contribution in [2.75, 3.05) is 18.0 Å². The molecule has 1 aliphatic rings. The number of alkyl halides is 3. The average Bonchev–Trinajstić information content (AvgIpc) is 2.35. The molecular weight excluding hydrogens is 301 g/mol. The molecule has 1 saturated heterocycles. The first kappa shape index (κ1) is 16.0. The lowest BCUT2D eigenvalue weighted by molar-refractivity contribution is -0.137. The van der Waals surface area contributed by atoms with Crippen LogP contribution in [0.3, 0.4) is 0 Å². The van der Waals surface area contributed by atoms with E-state index in [-0.39, 0.29) is 10.6 Å². The van der Waals surface area contributed by atoms with Crippen molar-refractivity contribution in [1.82, 2.24) is 0 Å². The maximum atomic E-state index is 12.8. The first-order valence-corrected chi connectivity index (χ1v) is 6.99. The van der Waals surface area contributed by atoms with Crippen LogP contribution in [0.4, 0.5) is 18.9 Å². The van der Waals surface area contributed by atoms with Crippen LogP contribution in [0.5, 0.6) is 0 Å². The van der Waals surface area contributed by atoms with Crippen molar-refractivity contribution in [2.24, 2.45) is 5.73 Å². The number of hydrogen-bond acceptors (Lipinski definition) is 3. The fourth-order valence-corrected chi connectivity index (χ4v) is 2.77. The molecule has 0 amide bonds. The largest absolute Gasteiger partial charge is 0.416 e. The zero-order valence-electron chi connectivity index (χ0n) is 11.6. The average molecular weight is 318 g/mol. The van der Waals surface area contributed by atoms with E-state index in [1.54, 1.807) is 6.92 Å². The summed E-state index contributed by atoms with van der Waals surface area (Å²) in [7, 11) is 0. The zero-order chi connectivity index (χ0) is 15.8. The zero-order valence-corrected chi connectivity index (χ0v) is 12.4. The molecule has 2 rings (SSSR count). The number of β-amino-alcohol motifs (C(OH)–C–C–N with tert-alkyl or cyclic N) is 1. The second-order valence-electron chi connectivity index (χ2n) is 5.62. The van der Waals surface area contributed by atoms with Crippen LogP contribution in [-0.2, 0) is 6.18 Å². The lowest BCUT2D eigenvalue weighted by atomic mass is 9.94. The number of nitrogens with two attached hydrogens (primary N) is 1. The quantitative estimate of drug-likeness (QED) is 0.823. The summed E-state index contributed by atoms with van der Waals surface area (Å²) in [6.45, 7) is 2.70. The van der Waals surface area contributed by atoms with Crippen LogP contribution >= 0.6 is 12.2 Å². The number of aliphatic hydroxyl groups is 1. The number of halogens is 3. The lowest BCUT2D eigenvalue weighted by Gasteiger charge is -2.39. The smallest absolute Gasteiger partial charge is 0.389 e. The van der Waals surface area contributed by atoms with Crippen molar-refractivity contribution in [3.05, 3.63) is 29.3 Å². The molecule has 1 aromatic carbocycles. The molecule has 0 aliphatic carbocycles. The minimum absolute atomic E-state index is 0.0821. The number of nitrogens with zero attached hydrogens (tertiary/aromatic N) is 1. The van der Waals surface area contributed by atoms with Gasteiger partial charge in [0.1, 0.15) is 4.99 Å². The van der Waals surface area contributed by atoms with E-state index in [1.807, 2.05) is 4.90 Å². The Morgan fingerprint density at radius 2 is 2.10 bits per heavy atom. The Bertz CT molecular complexity index is 558. The Kier molecular flexibility index (Phi) is 4.17. The molecule has 1 fully saturated rings. The third-order valence-electron chi connectivity index (χ3n) is 3.60. The van der Waals surface area contributed by atoms with E-state index in [4.69, 9.17) is 18.0 Å². The Morgan fingerprint density at radius 3 is 2.62 bits per heavy atom. The van der Waals surface area contributed by atoms with Gasteiger partial charge in [-0.25, -0.2) is 0 Å². The molecule has 0 aromatic heterocycles. The van der Waals surface area contributed by atoms with Gasteiger partial charge in [-0.05, 0) is 38.0 Å². The molecule has 1 atom stereocenters. The molecule has 3 nitrogen and oxygen atoms in total. The van der Waals surface area contributed by atoms with Crippen molar-refractivity contribution in [2.45, 2.75) is 31.5 Å². The van der Waals surface area contributed by atoms with Gasteiger partial charge in [0.15, 0.2) is 0 Å². The van der Waals surface area contributed by atoms with Gasteiger partial charge >= 0.3 is 6.18 Å². The van der Waals surface area contributed by atoms with Crippen LogP contribution < -0.4 is 10.6 Å². The van der Waals surface area contributed by atoms with E-state index in [0.717, 1.165) is 18.6 Å². The first-order chi connectivity index (χ1) is 9.60. The van der Waals surface area contributed by atoms with Crippen LogP contribution in [0.1, 0.15) is 30.9 Å². The van der Waals surface area contributed by atoms with Gasteiger partial charge in [-0.15, -0.1) is 0 Å². The minimum atomic E-state index is -4.44. The van der Waals surface area contributed by atoms with E-state index in [2.05, 4.69) is 0 Å². The molecular formula is C14H17F3N2OS. The molecule has 7 heteroatoms. The molecule has 116 valence electrons. The fourth-order valence-electron chi connectivity index (χ4n) is 2.61. The normalized spacial score (nSPS) is 23.2. The highest BCUT2D eigenvalue weighted by molar-refractivity contribution is 7.80. The van der Waals surface area contributed by atoms with Gasteiger partial charge in [-0.3, -0.25) is 0 Å². The first-order valence-electron chi connectivity index (χ1n) is 6.58. The van der Waals surface area contributed by atoms with Gasteiger partial charge in [0.2, 0.25) is 0 Å². The number of thiocarbonyl (C=S) groups is 1. The number of anilines is 1. The van der Waals surface area contributed by atoms with Gasteiger partial charge < -0.3 is 15.7 Å². The van der Waals surface area contributed by atoms with E-state index in [1.165, 1.54) is 6.07 Å². The molecule has 0 spiro atoms. The molecule has 3 N–H and O–H groups in total. The second-order valence-corrected chi connectivity index (χ2v) is 6.06. The summed E-state index contributed by atoms with van der Waals surface area (Å²) in [6.07, 6.45) is -3.03. The summed E-state index contributed by atoms with van der Waals surface area (Å²) in [4.78, 5) is 1.75. The molecule has 1 unspecified atom stereocenters. The van der Waals surface area contributed by atoms with Crippen LogP contribution in [-0.4, -0.2) is 28.8 Å². The maximum Gasteiger partial charge on any atom is 0.416 e. The minimum Gasteiger partial charge on any atom is -0.389 e. The highest BCUT2D eigenvalue weighted by Gasteiger charge is 2.33. The molecule has 0 saturated carbocycles. The van der Waals surface area contributed by atoms with Gasteiger partial charge in [0, 0.05) is 24.3 Å². The van der Waals surface area contributed by atoms with E-state index >= 15 is 0 Å². The van der Waals surface area contributed by atoms with Crippen LogP contribution in [0.25, 0.3) is 0 Å². The van der Waals surface area contributed by atoms with Crippen molar-refractivity contribution < 1.29 is 18.3 Å². The maximum absolute atomic E-state index is 12.8. The van der Waals surface area contributed by atoms with E-state index < -0.39 is 17.3 Å². The standard InChI is InChI=1S/C14H17F3N2OS/c1-13(20)5-2-6-19(8-13)11-4-3-9(14(15,16)17)7-10(11)12(18)21/h3-4,7,20H,2,5-6,8H2,1H3,(H2,18,21). The summed E-state index contributed by atoms with van der Waals surface area (Å²) < 4.78 is 38.4. The SMILES string of the molecule is CC1(O)CCCN(c2ccc(C(F)(F)F)cc2C(N)=S)C1. The van der Waals surface area contributed by atoms with Gasteiger partial charge in [0.05, 0.1) is 11.2 Å². The summed E-state index contributed by atoms with van der Waals surface area (Å²) in [5.74, 6) is 0. The molecule has 21 heavy (non-hydrogen) atoms. The number of benzene rings is 1. The van der Waals surface area contributed by atoms with E-state index in [9.17, 15) is 18.3 Å². The van der Waals surface area contributed by atoms with Gasteiger partial charge in [-0.2, -0.15) is 13.2 Å². The monoisotopic (exact) mass is 318 g/mol. The Labute approximate surface area is 126 Å². The molecule has 0 bridgehead atoms. The van der Waals surface area contributed by atoms with Crippen molar-refractivity contribution in [3.8, 4) is 0 Å². The highest BCUT2D eigenvalue weighted by Crippen LogP contribution is 2.34. The Hall–Kier alpha value is -1.34. The Morgan fingerprint density at radius 1 is 1.43 bits per heavy atom.